The molecule has 2 atom stereocenters. The van der Waals surface area contributed by atoms with Gasteiger partial charge in [0.15, 0.2) is 0 Å². The van der Waals surface area contributed by atoms with Gasteiger partial charge in [0.2, 0.25) is 0 Å². The van der Waals surface area contributed by atoms with E-state index >= 15 is 0 Å². The summed E-state index contributed by atoms with van der Waals surface area (Å²) in [5.74, 6) is -1.88. The first-order valence-corrected chi connectivity index (χ1v) is 10.1. The van der Waals surface area contributed by atoms with Gasteiger partial charge in [-0.1, -0.05) is 43.6 Å². The maximum absolute atomic E-state index is 12.7. The largest absolute Gasteiger partial charge is 0.507 e. The zero-order chi connectivity index (χ0) is 23.3. The Morgan fingerprint density at radius 3 is 2.71 bits per heavy atom. The van der Waals surface area contributed by atoms with E-state index in [1.807, 2.05) is 6.92 Å². The number of hydrogen-bond donors (Lipinski definition) is 2. The second-order valence-corrected chi connectivity index (χ2v) is 7.58. The Balaban J connectivity index is 2.68. The molecule has 0 aliphatic heterocycles. The smallest absolute Gasteiger partial charge is 0.342 e. The van der Waals surface area contributed by atoms with Crippen LogP contribution in [0.25, 0.3) is 0 Å². The highest BCUT2D eigenvalue weighted by Crippen LogP contribution is 2.48. The van der Waals surface area contributed by atoms with Gasteiger partial charge in [0.05, 0.1) is 6.61 Å². The fourth-order valence-electron chi connectivity index (χ4n) is 3.99. The van der Waals surface area contributed by atoms with Crippen LogP contribution in [-0.2, 0) is 11.2 Å². The predicted octanol–water partition coefficient (Wildman–Crippen LogP) is 6.02. The van der Waals surface area contributed by atoms with Gasteiger partial charge < -0.3 is 14.9 Å². The van der Waals surface area contributed by atoms with Crippen LogP contribution in [0.2, 0.25) is 0 Å². The molecule has 0 bridgehead atoms. The molecule has 0 heterocycles. The van der Waals surface area contributed by atoms with Crippen LogP contribution < -0.4 is 0 Å². The molecule has 0 aromatic heterocycles. The molecule has 154 valence electrons. The van der Waals surface area contributed by atoms with Gasteiger partial charge in [-0.2, -0.15) is 0 Å². The molecular weight excluding hydrogens is 352 g/mol. The minimum absolute atomic E-state index is 0.0561. The van der Waals surface area contributed by atoms with Gasteiger partial charge in [-0.05, 0) is 63.9 Å². The van der Waals surface area contributed by atoms with Crippen LogP contribution in [0.5, 0.6) is 11.5 Å². The topological polar surface area (TPSA) is 66.8 Å². The number of aromatic hydroxyl groups is 2. The molecule has 1 aliphatic carbocycles. The molecule has 0 amide bonds. The van der Waals surface area contributed by atoms with Crippen molar-refractivity contribution in [2.24, 2.45) is 5.92 Å². The van der Waals surface area contributed by atoms with Gasteiger partial charge in [-0.3, -0.25) is 0 Å². The second kappa shape index (κ2) is 9.81. The molecule has 0 radical (unpaired) electrons. The summed E-state index contributed by atoms with van der Waals surface area (Å²) in [5, 5.41) is 22.1. The fourth-order valence-corrected chi connectivity index (χ4v) is 3.99. The van der Waals surface area contributed by atoms with Gasteiger partial charge in [0.1, 0.15) is 17.1 Å². The monoisotopic (exact) mass is 389 g/mol. The third-order valence-electron chi connectivity index (χ3n) is 5.43. The molecule has 1 aliphatic rings. The van der Waals surface area contributed by atoms with E-state index in [0.29, 0.717) is 30.4 Å². The highest BCUT2D eigenvalue weighted by atomic mass is 16.5. The number of allylic oxidation sites excluding steroid dienone is 3. The van der Waals surface area contributed by atoms with Crippen molar-refractivity contribution in [3.8, 4) is 11.5 Å². The molecular formula is C24H34O4. The zero-order valence-electron chi connectivity index (χ0n) is 20.2. The Kier molecular flexibility index (Phi) is 6.25. The molecule has 1 aromatic rings. The summed E-state index contributed by atoms with van der Waals surface area (Å²) >= 11 is 0. The highest BCUT2D eigenvalue weighted by Gasteiger charge is 2.33. The summed E-state index contributed by atoms with van der Waals surface area (Å²) in [5.41, 5.74) is 1.87. The minimum Gasteiger partial charge on any atom is -0.507 e. The number of ether oxygens (including phenoxy) is 1. The third kappa shape index (κ3) is 4.78. The Labute approximate surface area is 173 Å². The number of carbonyl (C=O) groups is 1. The lowest BCUT2D eigenvalue weighted by molar-refractivity contribution is 0.0521. The Morgan fingerprint density at radius 1 is 1.36 bits per heavy atom. The van der Waals surface area contributed by atoms with Crippen LogP contribution in [0.1, 0.15) is 91.2 Å². The summed E-state index contributed by atoms with van der Waals surface area (Å²) < 4.78 is 28.6. The normalized spacial score (nSPS) is 21.2. The average Bonchev–Trinajstić information content (AvgIpc) is 2.67. The van der Waals surface area contributed by atoms with E-state index in [0.717, 1.165) is 24.8 Å². The Bertz CT molecular complexity index is 855. The molecule has 4 heteroatoms. The first-order chi connectivity index (χ1) is 14.5. The summed E-state index contributed by atoms with van der Waals surface area (Å²) in [4.78, 5) is 12.7. The number of carbonyl (C=O) groups excluding carboxylic acids is 1. The summed E-state index contributed by atoms with van der Waals surface area (Å²) in [6.45, 7) is 7.54. The molecule has 1 aromatic carbocycles. The molecule has 0 fully saturated rings. The van der Waals surface area contributed by atoms with E-state index in [9.17, 15) is 15.0 Å². The number of esters is 1. The van der Waals surface area contributed by atoms with Crippen molar-refractivity contribution in [3.05, 3.63) is 46.6 Å². The second-order valence-electron chi connectivity index (χ2n) is 7.58. The quantitative estimate of drug-likeness (QED) is 0.324. The fraction of sp³-hybridized carbons (Fsp3) is 0.542. The van der Waals surface area contributed by atoms with Crippen LogP contribution in [0.4, 0.5) is 0 Å². The molecule has 4 nitrogen and oxygen atoms in total. The lowest BCUT2D eigenvalue weighted by atomic mass is 9.73. The minimum atomic E-state index is -2.26. The maximum Gasteiger partial charge on any atom is 0.342 e. The molecule has 0 spiro atoms. The van der Waals surface area contributed by atoms with E-state index < -0.39 is 18.7 Å². The number of unbranched alkanes of at least 4 members (excludes halogenated alkanes) is 2. The number of hydrogen-bond acceptors (Lipinski definition) is 4. The number of phenols is 2. The van der Waals surface area contributed by atoms with Crippen LogP contribution in [-0.4, -0.2) is 22.8 Å². The van der Waals surface area contributed by atoms with Crippen molar-refractivity contribution in [1.29, 1.82) is 0 Å². The number of phenolic OH excluding ortho intramolecular Hbond substituents is 2. The third-order valence-corrected chi connectivity index (χ3v) is 5.43. The van der Waals surface area contributed by atoms with E-state index in [-0.39, 0.29) is 35.2 Å². The van der Waals surface area contributed by atoms with E-state index in [2.05, 4.69) is 13.5 Å². The zero-order valence-corrected chi connectivity index (χ0v) is 17.2. The van der Waals surface area contributed by atoms with Crippen molar-refractivity contribution in [3.63, 3.8) is 0 Å². The van der Waals surface area contributed by atoms with Crippen LogP contribution in [0.15, 0.2) is 29.9 Å². The Morgan fingerprint density at radius 2 is 2.11 bits per heavy atom. The molecule has 0 saturated carbocycles. The van der Waals surface area contributed by atoms with Gasteiger partial charge >= 0.3 is 5.97 Å². The molecule has 1 unspecified atom stereocenters. The summed E-state index contributed by atoms with van der Waals surface area (Å²) in [7, 11) is 0. The number of aryl methyl sites for hydroxylation is 1. The maximum atomic E-state index is 12.7. The van der Waals surface area contributed by atoms with Crippen LogP contribution in [0, 0.1) is 5.92 Å². The lowest BCUT2D eigenvalue weighted by Crippen LogP contribution is -2.19. The van der Waals surface area contributed by atoms with E-state index in [1.54, 1.807) is 13.0 Å². The van der Waals surface area contributed by atoms with Gasteiger partial charge in [-0.15, -0.1) is 0 Å². The van der Waals surface area contributed by atoms with Crippen molar-refractivity contribution >= 4 is 5.97 Å². The van der Waals surface area contributed by atoms with Gasteiger partial charge in [0.25, 0.3) is 0 Å². The van der Waals surface area contributed by atoms with Crippen molar-refractivity contribution in [2.75, 3.05) is 6.61 Å². The van der Waals surface area contributed by atoms with Crippen molar-refractivity contribution < 1.29 is 23.9 Å². The van der Waals surface area contributed by atoms with Crippen molar-refractivity contribution in [2.45, 2.75) is 72.1 Å². The van der Waals surface area contributed by atoms with Crippen LogP contribution in [0.3, 0.4) is 0 Å². The number of rotatable bonds is 8. The van der Waals surface area contributed by atoms with Gasteiger partial charge in [-0.25, -0.2) is 4.79 Å². The average molecular weight is 390 g/mol. The van der Waals surface area contributed by atoms with Crippen LogP contribution >= 0.6 is 0 Å². The van der Waals surface area contributed by atoms with E-state index in [1.165, 1.54) is 6.07 Å². The SMILES string of the molecule is [2H]C([2H])([2H])C1=CC(c2c(O)cc(CCCCC)c(C(=O)OCC)c2O)[C@@H](C(=C)C)CC1. The van der Waals surface area contributed by atoms with E-state index in [4.69, 9.17) is 8.85 Å². The lowest BCUT2D eigenvalue weighted by Gasteiger charge is -2.32. The molecule has 0 saturated heterocycles. The van der Waals surface area contributed by atoms with Crippen molar-refractivity contribution in [1.82, 2.24) is 0 Å². The molecule has 28 heavy (non-hydrogen) atoms. The first kappa shape index (κ1) is 17.8. The standard InChI is InChI=1S/C24H34O4/c1-6-8-9-10-17-14-20(25)22(23(26)21(17)24(27)28-7-2)19-13-16(5)11-12-18(19)15(3)4/h13-14,18-19,25-26H,3,6-12H2,1-2,4-5H3/t18-,19?/m1/s1/i5D3. The molecule has 2 rings (SSSR count). The first-order valence-electron chi connectivity index (χ1n) is 11.6. The Hall–Kier alpha value is -2.23. The van der Waals surface area contributed by atoms with Gasteiger partial charge in [0, 0.05) is 15.6 Å². The predicted molar refractivity (Wildman–Crippen MR) is 113 cm³/mol. The summed E-state index contributed by atoms with van der Waals surface area (Å²) in [6, 6.07) is 1.52. The molecule has 2 N–H and O–H groups in total. The summed E-state index contributed by atoms with van der Waals surface area (Å²) in [6.07, 6.45) is 5.82. The number of benzene rings is 1. The highest BCUT2D eigenvalue weighted by molar-refractivity contribution is 5.95.